The highest BCUT2D eigenvalue weighted by atomic mass is 31.1. The SMILES string of the molecule is CCC(CC)(O[PH](=O)OC(CC)(CC)C(=O)N(C)C)C(=O)N(C)C. The van der Waals surface area contributed by atoms with Crippen molar-refractivity contribution in [1.82, 2.24) is 9.80 Å². The second kappa shape index (κ2) is 9.54. The minimum Gasteiger partial charge on any atom is -0.346 e. The molecule has 0 saturated carbocycles. The van der Waals surface area contributed by atoms with Crippen molar-refractivity contribution in [3.63, 3.8) is 0 Å². The fourth-order valence-corrected chi connectivity index (χ4v) is 4.07. The predicted octanol–water partition coefficient (Wildman–Crippen LogP) is 2.70. The van der Waals surface area contributed by atoms with Gasteiger partial charge in [-0.25, -0.2) is 0 Å². The standard InChI is InChI=1S/C16H33N2O5P/c1-9-15(10-2,13(19)17(5)6)22-24(21)23-16(11-3,12-4)14(20)18(7)8/h24H,9-12H2,1-8H3. The summed E-state index contributed by atoms with van der Waals surface area (Å²) in [6.07, 6.45) is 1.47. The van der Waals surface area contributed by atoms with E-state index in [0.29, 0.717) is 25.7 Å². The number of carbonyl (C=O) groups excluding carboxylic acids is 2. The zero-order chi connectivity index (χ0) is 19.1. The van der Waals surface area contributed by atoms with E-state index in [9.17, 15) is 14.2 Å². The Morgan fingerprint density at radius 2 is 1.00 bits per heavy atom. The third-order valence-corrected chi connectivity index (χ3v) is 5.55. The smallest absolute Gasteiger partial charge is 0.321 e. The van der Waals surface area contributed by atoms with Gasteiger partial charge in [-0.15, -0.1) is 0 Å². The molecule has 0 fully saturated rings. The van der Waals surface area contributed by atoms with Crippen LogP contribution in [0.1, 0.15) is 53.4 Å². The van der Waals surface area contributed by atoms with Crippen molar-refractivity contribution < 1.29 is 23.2 Å². The van der Waals surface area contributed by atoms with Gasteiger partial charge in [0.05, 0.1) is 0 Å². The predicted molar refractivity (Wildman–Crippen MR) is 95.2 cm³/mol. The van der Waals surface area contributed by atoms with E-state index in [0.717, 1.165) is 0 Å². The van der Waals surface area contributed by atoms with Gasteiger partial charge in [0.25, 0.3) is 11.8 Å². The van der Waals surface area contributed by atoms with E-state index in [2.05, 4.69) is 0 Å². The summed E-state index contributed by atoms with van der Waals surface area (Å²) in [4.78, 5) is 27.7. The number of hydrogen-bond donors (Lipinski definition) is 0. The fraction of sp³-hybridized carbons (Fsp3) is 0.875. The van der Waals surface area contributed by atoms with Crippen LogP contribution in [0, 0.1) is 0 Å². The van der Waals surface area contributed by atoms with Gasteiger partial charge in [-0.1, -0.05) is 27.7 Å². The third-order valence-electron chi connectivity index (χ3n) is 4.43. The number of likely N-dealkylation sites (N-methyl/N-ethyl adjacent to an activating group) is 2. The Balaban J connectivity index is 5.46. The second-order valence-electron chi connectivity index (χ2n) is 6.26. The normalized spacial score (nSPS) is 12.4. The summed E-state index contributed by atoms with van der Waals surface area (Å²) in [5.74, 6) is -0.515. The lowest BCUT2D eigenvalue weighted by atomic mass is 9.96. The van der Waals surface area contributed by atoms with Crippen LogP contribution in [0.15, 0.2) is 0 Å². The average molecular weight is 364 g/mol. The topological polar surface area (TPSA) is 76.1 Å². The van der Waals surface area contributed by atoms with Crippen molar-refractivity contribution in [2.24, 2.45) is 0 Å². The zero-order valence-corrected chi connectivity index (χ0v) is 17.3. The van der Waals surface area contributed by atoms with E-state index >= 15 is 0 Å². The van der Waals surface area contributed by atoms with Crippen LogP contribution in [-0.2, 0) is 23.2 Å². The molecular formula is C16H33N2O5P. The molecule has 0 heterocycles. The molecule has 0 aromatic carbocycles. The molecule has 0 N–H and O–H groups in total. The quantitative estimate of drug-likeness (QED) is 0.557. The van der Waals surface area contributed by atoms with Crippen molar-refractivity contribution in [2.75, 3.05) is 28.2 Å². The lowest BCUT2D eigenvalue weighted by Crippen LogP contribution is -2.48. The summed E-state index contributed by atoms with van der Waals surface area (Å²) in [6.45, 7) is 7.21. The first kappa shape index (κ1) is 23.1. The molecule has 0 aliphatic rings. The number of carbonyl (C=O) groups is 2. The maximum Gasteiger partial charge on any atom is 0.321 e. The number of amides is 2. The Labute approximate surface area is 146 Å². The molecule has 0 atom stereocenters. The molecule has 0 spiro atoms. The van der Waals surface area contributed by atoms with E-state index in [1.54, 1.807) is 55.9 Å². The third kappa shape index (κ3) is 5.04. The van der Waals surface area contributed by atoms with Crippen molar-refractivity contribution in [1.29, 1.82) is 0 Å². The molecule has 0 unspecified atom stereocenters. The summed E-state index contributed by atoms with van der Waals surface area (Å²) < 4.78 is 23.8. The van der Waals surface area contributed by atoms with Crippen molar-refractivity contribution in [3.05, 3.63) is 0 Å². The second-order valence-corrected chi connectivity index (χ2v) is 7.16. The summed E-state index contributed by atoms with van der Waals surface area (Å²) >= 11 is 0. The maximum absolute atomic E-state index is 12.6. The van der Waals surface area contributed by atoms with Crippen LogP contribution in [0.5, 0.6) is 0 Å². The van der Waals surface area contributed by atoms with Gasteiger partial charge in [0.15, 0.2) is 11.2 Å². The first-order valence-electron chi connectivity index (χ1n) is 8.41. The Morgan fingerprint density at radius 3 is 1.17 bits per heavy atom. The Kier molecular flexibility index (Phi) is 9.18. The van der Waals surface area contributed by atoms with E-state index in [1.807, 2.05) is 0 Å². The maximum atomic E-state index is 12.6. The van der Waals surface area contributed by atoms with E-state index in [-0.39, 0.29) is 11.8 Å². The molecule has 0 aromatic rings. The van der Waals surface area contributed by atoms with Crippen molar-refractivity contribution in [2.45, 2.75) is 64.6 Å². The number of rotatable bonds is 10. The molecule has 8 heteroatoms. The lowest BCUT2D eigenvalue weighted by Gasteiger charge is -2.36. The summed E-state index contributed by atoms with van der Waals surface area (Å²) in [6, 6.07) is 0. The zero-order valence-electron chi connectivity index (χ0n) is 16.3. The van der Waals surface area contributed by atoms with Crippen LogP contribution in [0.25, 0.3) is 0 Å². The van der Waals surface area contributed by atoms with Gasteiger partial charge < -0.3 is 9.80 Å². The van der Waals surface area contributed by atoms with Crippen molar-refractivity contribution >= 4 is 20.1 Å². The lowest BCUT2D eigenvalue weighted by molar-refractivity contribution is -0.151. The molecule has 0 aromatic heterocycles. The van der Waals surface area contributed by atoms with Gasteiger partial charge in [0, 0.05) is 28.2 Å². The first-order valence-corrected chi connectivity index (χ1v) is 9.63. The highest BCUT2D eigenvalue weighted by molar-refractivity contribution is 7.33. The molecule has 0 aliphatic carbocycles. The molecular weight excluding hydrogens is 331 g/mol. The summed E-state index contributed by atoms with van der Waals surface area (Å²) in [5.41, 5.74) is -2.40. The van der Waals surface area contributed by atoms with Crippen LogP contribution in [-0.4, -0.2) is 61.0 Å². The van der Waals surface area contributed by atoms with Crippen LogP contribution in [0.4, 0.5) is 0 Å². The Bertz CT molecular complexity index is 417. The summed E-state index contributed by atoms with van der Waals surface area (Å²) in [7, 11) is 3.46. The van der Waals surface area contributed by atoms with E-state index in [4.69, 9.17) is 9.05 Å². The highest BCUT2D eigenvalue weighted by Crippen LogP contribution is 2.42. The minimum atomic E-state index is -3.05. The van der Waals surface area contributed by atoms with Gasteiger partial charge >= 0.3 is 8.25 Å². The molecule has 0 rings (SSSR count). The largest absolute Gasteiger partial charge is 0.346 e. The van der Waals surface area contributed by atoms with Crippen LogP contribution >= 0.6 is 8.25 Å². The van der Waals surface area contributed by atoms with Gasteiger partial charge in [0.2, 0.25) is 0 Å². The van der Waals surface area contributed by atoms with Gasteiger partial charge in [-0.2, -0.15) is 0 Å². The van der Waals surface area contributed by atoms with Gasteiger partial charge in [-0.3, -0.25) is 23.2 Å². The Hall–Kier alpha value is -0.910. The molecule has 0 bridgehead atoms. The average Bonchev–Trinajstić information content (AvgIpc) is 2.56. The van der Waals surface area contributed by atoms with Crippen LogP contribution in [0.2, 0.25) is 0 Å². The van der Waals surface area contributed by atoms with Gasteiger partial charge in [-0.05, 0) is 25.7 Å². The first-order chi connectivity index (χ1) is 11.1. The molecule has 0 aliphatic heterocycles. The highest BCUT2D eigenvalue weighted by Gasteiger charge is 2.43. The van der Waals surface area contributed by atoms with Crippen molar-refractivity contribution in [3.8, 4) is 0 Å². The summed E-state index contributed by atoms with van der Waals surface area (Å²) in [5, 5.41) is 0. The molecule has 0 radical (unpaired) electrons. The van der Waals surface area contributed by atoms with E-state index < -0.39 is 19.5 Å². The monoisotopic (exact) mass is 364 g/mol. The molecule has 2 amide bonds. The molecule has 142 valence electrons. The van der Waals surface area contributed by atoms with Crippen LogP contribution in [0.3, 0.4) is 0 Å². The van der Waals surface area contributed by atoms with E-state index in [1.165, 1.54) is 9.80 Å². The van der Waals surface area contributed by atoms with Crippen LogP contribution < -0.4 is 0 Å². The minimum absolute atomic E-state index is 0.257. The number of hydrogen-bond acceptors (Lipinski definition) is 5. The Morgan fingerprint density at radius 1 is 0.750 bits per heavy atom. The molecule has 0 saturated heterocycles. The number of nitrogens with zero attached hydrogens (tertiary/aromatic N) is 2. The molecule has 7 nitrogen and oxygen atoms in total. The van der Waals surface area contributed by atoms with Gasteiger partial charge in [0.1, 0.15) is 0 Å². The fourth-order valence-electron chi connectivity index (χ4n) is 2.64. The molecule has 24 heavy (non-hydrogen) atoms.